The second kappa shape index (κ2) is 10.5. The molecule has 8 nitrogen and oxygen atoms in total. The number of likely N-dealkylation sites (tertiary alicyclic amines) is 1. The fourth-order valence-electron chi connectivity index (χ4n) is 5.21. The molecule has 0 radical (unpaired) electrons. The van der Waals surface area contributed by atoms with Gasteiger partial charge in [-0.2, -0.15) is 0 Å². The lowest BCUT2D eigenvalue weighted by molar-refractivity contribution is -0.126. The van der Waals surface area contributed by atoms with E-state index in [2.05, 4.69) is 38.3 Å². The van der Waals surface area contributed by atoms with Crippen molar-refractivity contribution in [2.75, 3.05) is 25.5 Å². The summed E-state index contributed by atoms with van der Waals surface area (Å²) in [5.41, 5.74) is 3.16. The van der Waals surface area contributed by atoms with Gasteiger partial charge in [-0.05, 0) is 83.2 Å². The quantitative estimate of drug-likeness (QED) is 0.672. The highest BCUT2D eigenvalue weighted by atomic mass is 16.5. The van der Waals surface area contributed by atoms with Crippen molar-refractivity contribution >= 4 is 29.0 Å². The van der Waals surface area contributed by atoms with Gasteiger partial charge >= 0.3 is 6.09 Å². The molecular formula is C25H37N5O3. The van der Waals surface area contributed by atoms with Gasteiger partial charge in [-0.25, -0.2) is 9.78 Å². The Hall–Kier alpha value is -2.61. The number of carbonyl (C=O) groups excluding carboxylic acids is 2. The number of imidazole rings is 1. The van der Waals surface area contributed by atoms with Gasteiger partial charge in [0.15, 0.2) is 0 Å². The summed E-state index contributed by atoms with van der Waals surface area (Å²) in [5.74, 6) is 0.711. The standard InChI is InChI=1S/C25H37N5O3/c1-17(2)26-23(31)19-8-10-20(11-9-19)30-22-15-18(16-29-13-5-4-6-14-29)7-12-21(22)27-24(30)28-25(32)33-3/h7,12,15,17,19-20H,4-6,8-11,13-14,16H2,1-3H3,(H,26,31)(H,27,28,32). The second-order valence-electron chi connectivity index (χ2n) is 9.75. The molecule has 4 rings (SSSR count). The Bertz CT molecular complexity index is 972. The van der Waals surface area contributed by atoms with E-state index in [1.165, 1.54) is 31.9 Å². The Morgan fingerprint density at radius 3 is 2.52 bits per heavy atom. The minimum atomic E-state index is -0.523. The largest absolute Gasteiger partial charge is 0.453 e. The third-order valence-corrected chi connectivity index (χ3v) is 6.87. The molecule has 2 amide bonds. The lowest BCUT2D eigenvalue weighted by Crippen LogP contribution is -2.37. The van der Waals surface area contributed by atoms with Gasteiger partial charge < -0.3 is 14.6 Å². The molecule has 2 N–H and O–H groups in total. The summed E-state index contributed by atoms with van der Waals surface area (Å²) in [5, 5.41) is 5.86. The number of rotatable bonds is 6. The average Bonchev–Trinajstić information content (AvgIpc) is 3.16. The molecule has 2 aromatic rings. The second-order valence-corrected chi connectivity index (χ2v) is 9.75. The van der Waals surface area contributed by atoms with Crippen LogP contribution in [0.15, 0.2) is 18.2 Å². The SMILES string of the molecule is COC(=O)Nc1nc2ccc(CN3CCCCC3)cc2n1C1CCC(C(=O)NC(C)C)CC1. The van der Waals surface area contributed by atoms with Crippen LogP contribution < -0.4 is 10.6 Å². The van der Waals surface area contributed by atoms with E-state index in [0.29, 0.717) is 5.95 Å². The number of hydrogen-bond donors (Lipinski definition) is 2. The van der Waals surface area contributed by atoms with E-state index in [4.69, 9.17) is 9.72 Å². The van der Waals surface area contributed by atoms with E-state index >= 15 is 0 Å². The summed E-state index contributed by atoms with van der Waals surface area (Å²) in [6.45, 7) is 7.22. The van der Waals surface area contributed by atoms with E-state index < -0.39 is 6.09 Å². The van der Waals surface area contributed by atoms with Crippen LogP contribution in [0.1, 0.15) is 70.4 Å². The number of methoxy groups -OCH3 is 1. The van der Waals surface area contributed by atoms with Crippen molar-refractivity contribution in [1.29, 1.82) is 0 Å². The van der Waals surface area contributed by atoms with Gasteiger partial charge in [0.05, 0.1) is 18.1 Å². The number of aromatic nitrogens is 2. The summed E-state index contributed by atoms with van der Waals surface area (Å²) in [6, 6.07) is 6.74. The van der Waals surface area contributed by atoms with Crippen molar-refractivity contribution in [2.24, 2.45) is 5.92 Å². The van der Waals surface area contributed by atoms with E-state index in [-0.39, 0.29) is 23.9 Å². The summed E-state index contributed by atoms with van der Waals surface area (Å²) in [7, 11) is 1.36. The minimum absolute atomic E-state index is 0.0464. The van der Waals surface area contributed by atoms with Crippen LogP contribution in [0.4, 0.5) is 10.7 Å². The number of nitrogens with one attached hydrogen (secondary N) is 2. The summed E-state index contributed by atoms with van der Waals surface area (Å²) >= 11 is 0. The van der Waals surface area contributed by atoms with Crippen molar-refractivity contribution in [2.45, 2.75) is 77.4 Å². The minimum Gasteiger partial charge on any atom is -0.453 e. The Kier molecular flexibility index (Phi) is 7.53. The smallest absolute Gasteiger partial charge is 0.413 e. The molecule has 1 aliphatic heterocycles. The molecule has 0 unspecified atom stereocenters. The molecule has 0 spiro atoms. The number of benzene rings is 1. The molecule has 1 saturated carbocycles. The van der Waals surface area contributed by atoms with E-state index in [1.54, 1.807) is 0 Å². The van der Waals surface area contributed by atoms with Gasteiger partial charge in [-0.15, -0.1) is 0 Å². The predicted octanol–water partition coefficient (Wildman–Crippen LogP) is 4.46. The first kappa shape index (κ1) is 23.5. The number of amides is 2. The summed E-state index contributed by atoms with van der Waals surface area (Å²) in [4.78, 5) is 31.7. The van der Waals surface area contributed by atoms with Crippen molar-refractivity contribution in [3.63, 3.8) is 0 Å². The van der Waals surface area contributed by atoms with Gasteiger partial charge in [0.1, 0.15) is 0 Å². The van der Waals surface area contributed by atoms with Crippen LogP contribution in [0.3, 0.4) is 0 Å². The number of nitrogens with zero attached hydrogens (tertiary/aromatic N) is 3. The molecule has 180 valence electrons. The Balaban J connectivity index is 1.58. The average molecular weight is 456 g/mol. The highest BCUT2D eigenvalue weighted by Gasteiger charge is 2.30. The number of hydrogen-bond acceptors (Lipinski definition) is 5. The molecule has 1 aromatic carbocycles. The maximum Gasteiger partial charge on any atom is 0.413 e. The highest BCUT2D eigenvalue weighted by molar-refractivity contribution is 5.87. The van der Waals surface area contributed by atoms with Gasteiger partial charge in [-0.1, -0.05) is 12.5 Å². The molecule has 0 bridgehead atoms. The molecule has 1 aliphatic carbocycles. The zero-order chi connectivity index (χ0) is 23.4. The molecule has 0 atom stereocenters. The molecule has 1 aromatic heterocycles. The predicted molar refractivity (Wildman–Crippen MR) is 129 cm³/mol. The van der Waals surface area contributed by atoms with Crippen molar-refractivity contribution in [3.8, 4) is 0 Å². The van der Waals surface area contributed by atoms with Gasteiger partial charge in [0, 0.05) is 24.5 Å². The number of piperidine rings is 1. The monoisotopic (exact) mass is 455 g/mol. The normalized spacial score (nSPS) is 21.8. The molecule has 2 heterocycles. The number of anilines is 1. The van der Waals surface area contributed by atoms with E-state index in [9.17, 15) is 9.59 Å². The lowest BCUT2D eigenvalue weighted by Gasteiger charge is -2.30. The Morgan fingerprint density at radius 2 is 1.85 bits per heavy atom. The van der Waals surface area contributed by atoms with Crippen LogP contribution in [0.25, 0.3) is 11.0 Å². The molecule has 8 heteroatoms. The van der Waals surface area contributed by atoms with Crippen LogP contribution in [0.2, 0.25) is 0 Å². The van der Waals surface area contributed by atoms with Crippen LogP contribution in [0, 0.1) is 5.92 Å². The third kappa shape index (κ3) is 5.66. The zero-order valence-corrected chi connectivity index (χ0v) is 20.1. The van der Waals surface area contributed by atoms with Gasteiger partial charge in [0.25, 0.3) is 0 Å². The van der Waals surface area contributed by atoms with Crippen LogP contribution in [0.5, 0.6) is 0 Å². The van der Waals surface area contributed by atoms with Gasteiger partial charge in [0.2, 0.25) is 11.9 Å². The molecule has 2 fully saturated rings. The Morgan fingerprint density at radius 1 is 1.12 bits per heavy atom. The maximum atomic E-state index is 12.5. The number of fused-ring (bicyclic) bond motifs is 1. The first-order valence-corrected chi connectivity index (χ1v) is 12.3. The van der Waals surface area contributed by atoms with Gasteiger partial charge in [-0.3, -0.25) is 15.0 Å². The van der Waals surface area contributed by atoms with Crippen molar-refractivity contribution in [3.05, 3.63) is 23.8 Å². The first-order chi connectivity index (χ1) is 15.9. The number of carbonyl (C=O) groups is 2. The first-order valence-electron chi connectivity index (χ1n) is 12.3. The fourth-order valence-corrected chi connectivity index (χ4v) is 5.21. The van der Waals surface area contributed by atoms with Crippen LogP contribution in [-0.2, 0) is 16.1 Å². The highest BCUT2D eigenvalue weighted by Crippen LogP contribution is 2.37. The lowest BCUT2D eigenvalue weighted by atomic mass is 9.85. The van der Waals surface area contributed by atoms with E-state index in [1.807, 2.05) is 13.8 Å². The molecule has 2 aliphatic rings. The van der Waals surface area contributed by atoms with Crippen LogP contribution in [-0.4, -0.2) is 52.7 Å². The summed E-state index contributed by atoms with van der Waals surface area (Å²) in [6.07, 6.45) is 6.72. The third-order valence-electron chi connectivity index (χ3n) is 6.87. The maximum absolute atomic E-state index is 12.5. The fraction of sp³-hybridized carbons (Fsp3) is 0.640. The summed E-state index contributed by atoms with van der Waals surface area (Å²) < 4.78 is 6.99. The molecular weight excluding hydrogens is 418 g/mol. The zero-order valence-electron chi connectivity index (χ0n) is 20.1. The molecule has 33 heavy (non-hydrogen) atoms. The number of ether oxygens (including phenoxy) is 1. The van der Waals surface area contributed by atoms with Crippen molar-refractivity contribution in [1.82, 2.24) is 19.8 Å². The topological polar surface area (TPSA) is 88.5 Å². The van der Waals surface area contributed by atoms with E-state index in [0.717, 1.165) is 56.4 Å². The molecule has 1 saturated heterocycles. The van der Waals surface area contributed by atoms with Crippen molar-refractivity contribution < 1.29 is 14.3 Å². The Labute approximate surface area is 196 Å². The van der Waals surface area contributed by atoms with Crippen LogP contribution >= 0.6 is 0 Å².